The first-order valence-corrected chi connectivity index (χ1v) is 12.3. The Hall–Kier alpha value is -0.280. The van der Waals surface area contributed by atoms with Crippen LogP contribution in [0.25, 0.3) is 0 Å². The van der Waals surface area contributed by atoms with Gasteiger partial charge in [0.15, 0.2) is 12.6 Å². The molecule has 0 aliphatic carbocycles. The van der Waals surface area contributed by atoms with Crippen LogP contribution in [0.5, 0.6) is 0 Å². The number of hydrogen-bond donors (Lipinski definition) is 7. The highest BCUT2D eigenvalue weighted by molar-refractivity contribution is 7.53. The van der Waals surface area contributed by atoms with E-state index in [1.807, 2.05) is 6.92 Å². The molecule has 2 rings (SSSR count). The van der Waals surface area contributed by atoms with Crippen molar-refractivity contribution in [3.05, 3.63) is 0 Å². The van der Waals surface area contributed by atoms with E-state index in [0.29, 0.717) is 12.8 Å². The highest BCUT2D eigenvalue weighted by Crippen LogP contribution is 2.50. The van der Waals surface area contributed by atoms with Gasteiger partial charge in [0, 0.05) is 0 Å². The number of hydrogen-bond acceptors (Lipinski definition) is 12. The first-order chi connectivity index (χ1) is 15.0. The Labute approximate surface area is 185 Å². The minimum atomic E-state index is -4.48. The monoisotopic (exact) mass is 492 g/mol. The van der Waals surface area contributed by atoms with Crippen LogP contribution in [0.15, 0.2) is 0 Å². The van der Waals surface area contributed by atoms with Gasteiger partial charge in [0.05, 0.1) is 19.4 Å². The van der Waals surface area contributed by atoms with Gasteiger partial charge in [-0.2, -0.15) is 4.20 Å². The minimum absolute atomic E-state index is 0.314. The van der Waals surface area contributed by atoms with E-state index in [0.717, 1.165) is 12.8 Å². The molecule has 0 amide bonds. The van der Waals surface area contributed by atoms with Gasteiger partial charge in [-0.05, 0) is 6.42 Å². The zero-order valence-electron chi connectivity index (χ0n) is 17.7. The molecule has 190 valence electrons. The number of aliphatic hydroxyl groups is 7. The molecule has 1 unspecified atom stereocenters. The van der Waals surface area contributed by atoms with Crippen molar-refractivity contribution in [2.45, 2.75) is 94.0 Å². The summed E-state index contributed by atoms with van der Waals surface area (Å²) in [5.41, 5.74) is 0. The summed E-state index contributed by atoms with van der Waals surface area (Å²) in [6.45, 7) is 0.525. The third-order valence-corrected chi connectivity index (χ3v) is 6.88. The van der Waals surface area contributed by atoms with Crippen LogP contribution >= 0.6 is 7.68 Å². The van der Waals surface area contributed by atoms with Crippen molar-refractivity contribution in [2.75, 3.05) is 19.4 Å². The molecule has 14 heteroatoms. The number of ether oxygens (including phenoxy) is 3. The van der Waals surface area contributed by atoms with Gasteiger partial charge in [-0.25, -0.2) is 0 Å². The molecule has 2 saturated heterocycles. The molecule has 12 nitrogen and oxygen atoms in total. The van der Waals surface area contributed by atoms with E-state index in [1.165, 1.54) is 0 Å². The summed E-state index contributed by atoms with van der Waals surface area (Å²) in [6, 6.07) is 0. The normalized spacial score (nSPS) is 42.5. The van der Waals surface area contributed by atoms with E-state index >= 15 is 0 Å². The van der Waals surface area contributed by atoms with E-state index in [1.54, 1.807) is 0 Å². The first kappa shape index (κ1) is 28.0. The van der Waals surface area contributed by atoms with E-state index in [2.05, 4.69) is 0 Å². The predicted molar refractivity (Wildman–Crippen MR) is 105 cm³/mol. The molecule has 32 heavy (non-hydrogen) atoms. The molecule has 7 N–H and O–H groups in total. The summed E-state index contributed by atoms with van der Waals surface area (Å²) in [5.74, 6) is 0. The zero-order valence-corrected chi connectivity index (χ0v) is 18.6. The maximum atomic E-state index is 14.2. The van der Waals surface area contributed by atoms with Gasteiger partial charge < -0.3 is 54.5 Å². The molecular weight excluding hydrogens is 458 g/mol. The van der Waals surface area contributed by atoms with Crippen LogP contribution in [0.3, 0.4) is 0 Å². The third kappa shape index (κ3) is 7.11. The number of rotatable bonds is 11. The molecule has 0 bridgehead atoms. The lowest BCUT2D eigenvalue weighted by molar-refractivity contribution is -0.376. The quantitative estimate of drug-likeness (QED) is 0.129. The largest absolute Gasteiger partial charge is 0.394 e. The summed E-state index contributed by atoms with van der Waals surface area (Å²) in [4.78, 5) is 0. The Bertz CT molecular complexity index is 613. The average Bonchev–Trinajstić information content (AvgIpc) is 2.76. The second kappa shape index (κ2) is 12.4. The van der Waals surface area contributed by atoms with Crippen LogP contribution < -0.4 is 0 Å². The fourth-order valence-electron chi connectivity index (χ4n) is 3.46. The second-order valence-corrected chi connectivity index (χ2v) is 9.90. The Morgan fingerprint density at radius 3 is 1.88 bits per heavy atom. The second-order valence-electron chi connectivity index (χ2n) is 8.02. The standard InChI is InChI=1S/C18H34FO12P/c1-2-3-4-5-6-32(19,27)28-8-10-12(22)14(24)16(26)18(30-10)31-17-15(25)13(23)11(21)9(7-20)29-17/h9-18,20-26H,2-8H2,1H3/t9-,10-,11-,12-,13+,14+,15-,16-,17-,18-,32?/m1/s1. The fourth-order valence-corrected chi connectivity index (χ4v) is 4.56. The zero-order chi connectivity index (χ0) is 24.1. The molecule has 0 aromatic heterocycles. The molecule has 2 aliphatic heterocycles. The maximum absolute atomic E-state index is 14.2. The Morgan fingerprint density at radius 1 is 0.812 bits per heavy atom. The molecule has 11 atom stereocenters. The Balaban J connectivity index is 1.98. The lowest BCUT2D eigenvalue weighted by Gasteiger charge is -2.44. The Morgan fingerprint density at radius 2 is 1.34 bits per heavy atom. The SMILES string of the molecule is CCCCCCP(=O)(F)OC[C@H]1O[C@H](O[C@H]2O[C@H](CO)[C@@H](O)[C@H](O)[C@H]2O)[C@H](O)[C@@H](O)[C@@H]1O. The maximum Gasteiger partial charge on any atom is 0.367 e. The highest BCUT2D eigenvalue weighted by Gasteiger charge is 2.50. The number of aliphatic hydroxyl groups excluding tert-OH is 7. The molecule has 0 saturated carbocycles. The lowest BCUT2D eigenvalue weighted by atomic mass is 9.98. The van der Waals surface area contributed by atoms with Gasteiger partial charge >= 0.3 is 7.68 Å². The summed E-state index contributed by atoms with van der Waals surface area (Å²) < 4.78 is 46.7. The predicted octanol–water partition coefficient (Wildman–Crippen LogP) is -1.63. The topological polar surface area (TPSA) is 196 Å². The van der Waals surface area contributed by atoms with Crippen LogP contribution in [0.4, 0.5) is 4.20 Å². The van der Waals surface area contributed by atoms with Crippen LogP contribution in [0.1, 0.15) is 32.6 Å². The third-order valence-electron chi connectivity index (χ3n) is 5.50. The van der Waals surface area contributed by atoms with Crippen molar-refractivity contribution in [2.24, 2.45) is 0 Å². The van der Waals surface area contributed by atoms with Gasteiger partial charge in [-0.1, -0.05) is 26.2 Å². The molecule has 2 aliphatic rings. The summed E-state index contributed by atoms with van der Waals surface area (Å²) >= 11 is 0. The van der Waals surface area contributed by atoms with Crippen LogP contribution in [-0.2, 0) is 23.3 Å². The van der Waals surface area contributed by atoms with Gasteiger partial charge in [-0.15, -0.1) is 0 Å². The van der Waals surface area contributed by atoms with Gasteiger partial charge in [0.1, 0.15) is 48.8 Å². The van der Waals surface area contributed by atoms with Crippen molar-refractivity contribution in [3.8, 4) is 0 Å². The van der Waals surface area contributed by atoms with E-state index in [9.17, 15) is 44.5 Å². The van der Waals surface area contributed by atoms with Crippen molar-refractivity contribution < 1.29 is 63.2 Å². The van der Waals surface area contributed by atoms with Crippen molar-refractivity contribution in [3.63, 3.8) is 0 Å². The van der Waals surface area contributed by atoms with Crippen molar-refractivity contribution >= 4 is 7.68 Å². The Kier molecular flexibility index (Phi) is 10.9. The van der Waals surface area contributed by atoms with Gasteiger partial charge in [-0.3, -0.25) is 4.57 Å². The molecule has 0 spiro atoms. The molecular formula is C18H34FO12P. The van der Waals surface area contributed by atoms with Crippen molar-refractivity contribution in [1.82, 2.24) is 0 Å². The summed E-state index contributed by atoms with van der Waals surface area (Å²) in [6.07, 6.45) is -14.3. The fraction of sp³-hybridized carbons (Fsp3) is 1.00. The van der Waals surface area contributed by atoms with Gasteiger partial charge in [0.2, 0.25) is 0 Å². The smallest absolute Gasteiger partial charge is 0.367 e. The minimum Gasteiger partial charge on any atom is -0.394 e. The first-order valence-electron chi connectivity index (χ1n) is 10.6. The van der Waals surface area contributed by atoms with E-state index in [-0.39, 0.29) is 6.16 Å². The number of halogens is 1. The summed E-state index contributed by atoms with van der Waals surface area (Å²) in [5, 5.41) is 69.3. The van der Waals surface area contributed by atoms with Crippen LogP contribution in [-0.4, -0.2) is 117 Å². The molecule has 0 aromatic rings. The highest BCUT2D eigenvalue weighted by atomic mass is 31.2. The molecule has 2 fully saturated rings. The molecule has 2 heterocycles. The average molecular weight is 492 g/mol. The molecule has 0 aromatic carbocycles. The van der Waals surface area contributed by atoms with Gasteiger partial charge in [0.25, 0.3) is 0 Å². The molecule has 0 radical (unpaired) electrons. The number of unbranched alkanes of at least 4 members (excludes halogenated alkanes) is 3. The van der Waals surface area contributed by atoms with Crippen LogP contribution in [0, 0.1) is 0 Å². The van der Waals surface area contributed by atoms with E-state index in [4.69, 9.17) is 18.7 Å². The van der Waals surface area contributed by atoms with Crippen molar-refractivity contribution in [1.29, 1.82) is 0 Å². The lowest BCUT2D eigenvalue weighted by Crippen LogP contribution is -2.63. The van der Waals surface area contributed by atoms with E-state index < -0.39 is 82.3 Å². The van der Waals surface area contributed by atoms with Crippen LogP contribution in [0.2, 0.25) is 0 Å². The summed E-state index contributed by atoms with van der Waals surface area (Å²) in [7, 11) is -4.48.